The van der Waals surface area contributed by atoms with Gasteiger partial charge in [-0.2, -0.15) is 0 Å². The van der Waals surface area contributed by atoms with Crippen LogP contribution >= 0.6 is 0 Å². The molecule has 0 spiro atoms. The van der Waals surface area contributed by atoms with Crippen LogP contribution in [0.2, 0.25) is 0 Å². The number of nitrogens with zero attached hydrogens (tertiary/aromatic N) is 1. The van der Waals surface area contributed by atoms with Gasteiger partial charge in [-0.15, -0.1) is 0 Å². The number of imide groups is 1. The number of hydrogen-bond donors (Lipinski definition) is 1. The zero-order valence-corrected chi connectivity index (χ0v) is 17.3. The largest absolute Gasteiger partial charge is 0.329 e. The van der Waals surface area contributed by atoms with Crippen LogP contribution in [0.5, 0.6) is 0 Å². The maximum absolute atomic E-state index is 12.2. The Hall–Kier alpha value is -2.10. The van der Waals surface area contributed by atoms with E-state index in [0.29, 0.717) is 12.2 Å². The molecule has 2 rings (SSSR count). The highest BCUT2D eigenvalue weighted by molar-refractivity contribution is 6.14. The summed E-state index contributed by atoms with van der Waals surface area (Å²) in [4.78, 5) is 25.8. The molecule has 3 amide bonds. The van der Waals surface area contributed by atoms with Crippen molar-refractivity contribution in [3.05, 3.63) is 41.1 Å². The fourth-order valence-electron chi connectivity index (χ4n) is 3.28. The van der Waals surface area contributed by atoms with E-state index in [1.54, 1.807) is 11.0 Å². The van der Waals surface area contributed by atoms with Gasteiger partial charge < -0.3 is 0 Å². The van der Waals surface area contributed by atoms with Crippen molar-refractivity contribution in [3.8, 4) is 0 Å². The minimum absolute atomic E-state index is 0.0813. The number of nitrogens with one attached hydrogen (secondary N) is 1. The number of amides is 3. The van der Waals surface area contributed by atoms with Gasteiger partial charge in [-0.25, -0.2) is 4.79 Å². The maximum atomic E-state index is 12.2. The summed E-state index contributed by atoms with van der Waals surface area (Å²) in [5.41, 5.74) is 2.62. The Morgan fingerprint density at radius 1 is 0.963 bits per heavy atom. The molecule has 1 aliphatic rings. The van der Waals surface area contributed by atoms with Gasteiger partial charge in [0.05, 0.1) is 0 Å². The lowest BCUT2D eigenvalue weighted by Gasteiger charge is -2.25. The molecule has 1 fully saturated rings. The average molecular weight is 371 g/mol. The SMILES string of the molecule is CCCCCCCCc1ccc(C=C2C(=O)NC(=O)N2CC(C)(C)C)cc1. The molecular weight excluding hydrogens is 336 g/mol. The van der Waals surface area contributed by atoms with E-state index in [-0.39, 0.29) is 17.4 Å². The molecule has 0 bridgehead atoms. The fraction of sp³-hybridized carbons (Fsp3) is 0.565. The van der Waals surface area contributed by atoms with Gasteiger partial charge in [-0.3, -0.25) is 15.0 Å². The van der Waals surface area contributed by atoms with E-state index < -0.39 is 0 Å². The molecule has 1 aromatic rings. The highest BCUT2D eigenvalue weighted by atomic mass is 16.2. The molecule has 0 unspecified atom stereocenters. The summed E-state index contributed by atoms with van der Waals surface area (Å²) in [5.74, 6) is -0.319. The van der Waals surface area contributed by atoms with Gasteiger partial charge in [0.2, 0.25) is 0 Å². The number of benzene rings is 1. The summed E-state index contributed by atoms with van der Waals surface area (Å²) in [5, 5.41) is 2.40. The van der Waals surface area contributed by atoms with E-state index in [9.17, 15) is 9.59 Å². The Morgan fingerprint density at radius 3 is 2.22 bits per heavy atom. The molecule has 0 atom stereocenters. The van der Waals surface area contributed by atoms with Crippen LogP contribution in [0.4, 0.5) is 4.79 Å². The smallest absolute Gasteiger partial charge is 0.288 e. The summed E-state index contributed by atoms with van der Waals surface area (Å²) in [7, 11) is 0. The van der Waals surface area contributed by atoms with Crippen LogP contribution in [0.3, 0.4) is 0 Å². The number of rotatable bonds is 9. The molecule has 148 valence electrons. The van der Waals surface area contributed by atoms with Crippen LogP contribution in [0, 0.1) is 5.41 Å². The van der Waals surface area contributed by atoms with Crippen molar-refractivity contribution in [1.29, 1.82) is 0 Å². The second-order valence-electron chi connectivity index (χ2n) is 8.70. The molecule has 1 aliphatic heterocycles. The molecule has 1 saturated heterocycles. The lowest BCUT2D eigenvalue weighted by atomic mass is 9.96. The molecule has 0 aliphatic carbocycles. The van der Waals surface area contributed by atoms with E-state index in [1.165, 1.54) is 44.1 Å². The Balaban J connectivity index is 1.97. The molecule has 0 saturated carbocycles. The molecule has 4 heteroatoms. The van der Waals surface area contributed by atoms with Crippen molar-refractivity contribution in [3.63, 3.8) is 0 Å². The Morgan fingerprint density at radius 2 is 1.59 bits per heavy atom. The van der Waals surface area contributed by atoms with E-state index in [2.05, 4.69) is 45.1 Å². The molecule has 1 heterocycles. The predicted molar refractivity (Wildman–Crippen MR) is 111 cm³/mol. The topological polar surface area (TPSA) is 49.4 Å². The van der Waals surface area contributed by atoms with Crippen molar-refractivity contribution in [2.24, 2.45) is 5.41 Å². The van der Waals surface area contributed by atoms with Gasteiger partial charge in [0.15, 0.2) is 0 Å². The standard InChI is InChI=1S/C23H34N2O2/c1-5-6-7-8-9-10-11-18-12-14-19(15-13-18)16-20-21(26)24-22(27)25(20)17-23(2,3)4/h12-16H,5-11,17H2,1-4H3,(H,24,26,27). The average Bonchev–Trinajstić information content (AvgIpc) is 2.85. The highest BCUT2D eigenvalue weighted by Crippen LogP contribution is 2.24. The molecule has 0 aromatic heterocycles. The van der Waals surface area contributed by atoms with Crippen LogP contribution in [-0.2, 0) is 11.2 Å². The van der Waals surface area contributed by atoms with Gasteiger partial charge in [0.1, 0.15) is 5.70 Å². The minimum atomic E-state index is -0.333. The van der Waals surface area contributed by atoms with Crippen molar-refractivity contribution < 1.29 is 9.59 Å². The third kappa shape index (κ3) is 6.85. The monoisotopic (exact) mass is 370 g/mol. The second kappa shape index (κ2) is 9.72. The Bertz CT molecular complexity index is 669. The molecule has 0 radical (unpaired) electrons. The van der Waals surface area contributed by atoms with E-state index in [1.807, 2.05) is 12.1 Å². The predicted octanol–water partition coefficient (Wildman–Crippen LogP) is 5.53. The summed E-state index contributed by atoms with van der Waals surface area (Å²) in [6.45, 7) is 8.91. The van der Waals surface area contributed by atoms with Crippen molar-refractivity contribution in [2.75, 3.05) is 6.54 Å². The Labute approximate surface area is 164 Å². The van der Waals surface area contributed by atoms with Crippen LogP contribution in [0.15, 0.2) is 30.0 Å². The lowest BCUT2D eigenvalue weighted by molar-refractivity contribution is -0.116. The van der Waals surface area contributed by atoms with Gasteiger partial charge in [0, 0.05) is 6.54 Å². The van der Waals surface area contributed by atoms with E-state index >= 15 is 0 Å². The number of carbonyl (C=O) groups excluding carboxylic acids is 2. The number of urea groups is 1. The first-order chi connectivity index (χ1) is 12.8. The quantitative estimate of drug-likeness (QED) is 0.353. The fourth-order valence-corrected chi connectivity index (χ4v) is 3.28. The summed E-state index contributed by atoms with van der Waals surface area (Å²) in [6, 6.07) is 7.98. The third-order valence-corrected chi connectivity index (χ3v) is 4.72. The lowest BCUT2D eigenvalue weighted by Crippen LogP contribution is -2.34. The van der Waals surface area contributed by atoms with Gasteiger partial charge in [-0.05, 0) is 35.5 Å². The van der Waals surface area contributed by atoms with Crippen molar-refractivity contribution in [2.45, 2.75) is 72.6 Å². The van der Waals surface area contributed by atoms with Crippen LogP contribution in [0.25, 0.3) is 6.08 Å². The summed E-state index contributed by atoms with van der Waals surface area (Å²) in [6.07, 6.45) is 10.7. The van der Waals surface area contributed by atoms with Crippen molar-refractivity contribution >= 4 is 18.0 Å². The van der Waals surface area contributed by atoms with Gasteiger partial charge in [0.25, 0.3) is 5.91 Å². The zero-order valence-electron chi connectivity index (χ0n) is 17.3. The molecule has 4 nitrogen and oxygen atoms in total. The molecule has 27 heavy (non-hydrogen) atoms. The molecule has 1 aromatic carbocycles. The van der Waals surface area contributed by atoms with Crippen molar-refractivity contribution in [1.82, 2.24) is 10.2 Å². The summed E-state index contributed by atoms with van der Waals surface area (Å²) < 4.78 is 0. The first-order valence-corrected chi connectivity index (χ1v) is 10.2. The van der Waals surface area contributed by atoms with E-state index in [4.69, 9.17) is 0 Å². The van der Waals surface area contributed by atoms with Gasteiger partial charge >= 0.3 is 6.03 Å². The minimum Gasteiger partial charge on any atom is -0.288 e. The maximum Gasteiger partial charge on any atom is 0.329 e. The van der Waals surface area contributed by atoms with Crippen LogP contribution in [0.1, 0.15) is 77.3 Å². The Kier molecular flexibility index (Phi) is 7.64. The van der Waals surface area contributed by atoms with Crippen LogP contribution < -0.4 is 5.32 Å². The number of aryl methyl sites for hydroxylation is 1. The third-order valence-electron chi connectivity index (χ3n) is 4.72. The van der Waals surface area contributed by atoms with Gasteiger partial charge in [-0.1, -0.05) is 84.1 Å². The first-order valence-electron chi connectivity index (χ1n) is 10.2. The van der Waals surface area contributed by atoms with Crippen LogP contribution in [-0.4, -0.2) is 23.4 Å². The highest BCUT2D eigenvalue weighted by Gasteiger charge is 2.35. The molecular formula is C23H34N2O2. The van der Waals surface area contributed by atoms with E-state index in [0.717, 1.165) is 12.0 Å². The molecule has 1 N–H and O–H groups in total. The number of carbonyl (C=O) groups is 2. The number of hydrogen-bond acceptors (Lipinski definition) is 2. The normalized spacial score (nSPS) is 16.3. The zero-order chi connectivity index (χ0) is 19.9. The second-order valence-corrected chi connectivity index (χ2v) is 8.70. The number of unbranched alkanes of at least 4 members (excludes halogenated alkanes) is 5. The first kappa shape index (κ1) is 21.2. The summed E-state index contributed by atoms with van der Waals surface area (Å²) >= 11 is 0.